The number of carbonyl (C=O) groups is 1. The molecule has 6 rings (SSSR count). The molecule has 1 aromatic heterocycles. The van der Waals surface area contributed by atoms with E-state index in [1.165, 1.54) is 35.2 Å². The number of carboxylic acid groups (broad SMARTS) is 1. The van der Waals surface area contributed by atoms with E-state index in [1.54, 1.807) is 13.0 Å². The monoisotopic (exact) mass is 587 g/mol. The summed E-state index contributed by atoms with van der Waals surface area (Å²) in [6.07, 6.45) is 17.6. The molecule has 43 heavy (non-hydrogen) atoms. The topological polar surface area (TPSA) is 58.4 Å². The normalized spacial score (nSPS) is 29.1. The van der Waals surface area contributed by atoms with Crippen molar-refractivity contribution in [1.29, 1.82) is 0 Å². The standard InChI is InChI=1S/C37H50FN3O2/c1-3-41-35(30(24-39-41)14-13-26-8-5-4-6-9-26)28-15-18-40(19-16-28)25-32-21-31(34(36(42)43)20-27-11-12-27)22-33(32)29-10-7-17-37(2,38)23-29/h4-10,17,24,27-28,31-34H,3,11-16,18-23,25H2,1-2H3,(H,42,43)/t31?,32-,33-,34?,37?/m1/s1. The molecule has 1 aromatic carbocycles. The Morgan fingerprint density at radius 1 is 1.12 bits per heavy atom. The minimum atomic E-state index is -1.31. The van der Waals surface area contributed by atoms with Crippen LogP contribution in [0.4, 0.5) is 4.39 Å². The smallest absolute Gasteiger partial charge is 0.306 e. The molecule has 1 saturated heterocycles. The summed E-state index contributed by atoms with van der Waals surface area (Å²) >= 11 is 0. The summed E-state index contributed by atoms with van der Waals surface area (Å²) in [5.74, 6) is 1.08. The highest BCUT2D eigenvalue weighted by Crippen LogP contribution is 2.50. The van der Waals surface area contributed by atoms with Crippen LogP contribution in [-0.4, -0.2) is 51.1 Å². The third-order valence-corrected chi connectivity index (χ3v) is 10.9. The van der Waals surface area contributed by atoms with E-state index in [0.717, 1.165) is 71.1 Å². The molecule has 0 radical (unpaired) electrons. The lowest BCUT2D eigenvalue weighted by atomic mass is 9.79. The number of carboxylic acids is 1. The number of aliphatic carboxylic acids is 1. The first kappa shape index (κ1) is 30.3. The SMILES string of the molecule is CCn1ncc(CCc2ccccc2)c1C1CCN(C[C@H]2CC(C(CC3CC3)C(=O)O)C[C@@H]2C2=CC=CC(C)(F)C2)CC1. The van der Waals surface area contributed by atoms with Crippen LogP contribution in [0.5, 0.6) is 0 Å². The van der Waals surface area contributed by atoms with Gasteiger partial charge in [0.1, 0.15) is 5.67 Å². The van der Waals surface area contributed by atoms with Gasteiger partial charge in [-0.15, -0.1) is 0 Å². The Hall–Kier alpha value is -2.73. The van der Waals surface area contributed by atoms with E-state index in [0.29, 0.717) is 24.2 Å². The van der Waals surface area contributed by atoms with Crippen LogP contribution in [0.3, 0.4) is 0 Å². The minimum Gasteiger partial charge on any atom is -0.481 e. The van der Waals surface area contributed by atoms with Crippen molar-refractivity contribution in [3.8, 4) is 0 Å². The van der Waals surface area contributed by atoms with Gasteiger partial charge < -0.3 is 10.0 Å². The second-order valence-corrected chi connectivity index (χ2v) is 14.2. The van der Waals surface area contributed by atoms with Crippen LogP contribution < -0.4 is 0 Å². The molecule has 3 unspecified atom stereocenters. The summed E-state index contributed by atoms with van der Waals surface area (Å²) < 4.78 is 17.3. The molecule has 5 atom stereocenters. The number of alkyl halides is 1. The Morgan fingerprint density at radius 3 is 2.56 bits per heavy atom. The predicted octanol–water partition coefficient (Wildman–Crippen LogP) is 7.63. The molecule has 4 aliphatic rings. The fourth-order valence-electron chi connectivity index (χ4n) is 8.50. The molecule has 5 nitrogen and oxygen atoms in total. The molecular formula is C37H50FN3O2. The molecule has 232 valence electrons. The van der Waals surface area contributed by atoms with Gasteiger partial charge in [0.25, 0.3) is 0 Å². The van der Waals surface area contributed by atoms with Crippen molar-refractivity contribution in [3.05, 3.63) is 77.2 Å². The van der Waals surface area contributed by atoms with Crippen LogP contribution >= 0.6 is 0 Å². The lowest BCUT2D eigenvalue weighted by molar-refractivity contribution is -0.144. The maximum atomic E-state index is 15.1. The van der Waals surface area contributed by atoms with Gasteiger partial charge in [-0.3, -0.25) is 9.48 Å². The fraction of sp³-hybridized carbons (Fsp3) is 0.622. The average Bonchev–Trinajstić information content (AvgIpc) is 3.58. The molecule has 6 heteroatoms. The predicted molar refractivity (Wildman–Crippen MR) is 170 cm³/mol. The Bertz CT molecular complexity index is 1300. The zero-order valence-electron chi connectivity index (χ0n) is 26.1. The van der Waals surface area contributed by atoms with Crippen molar-refractivity contribution in [2.75, 3.05) is 19.6 Å². The quantitative estimate of drug-likeness (QED) is 0.278. The van der Waals surface area contributed by atoms with E-state index in [2.05, 4.69) is 59.1 Å². The van der Waals surface area contributed by atoms with E-state index in [-0.39, 0.29) is 17.8 Å². The third-order valence-electron chi connectivity index (χ3n) is 10.9. The van der Waals surface area contributed by atoms with E-state index in [4.69, 9.17) is 5.10 Å². The zero-order valence-corrected chi connectivity index (χ0v) is 26.1. The highest BCUT2D eigenvalue weighted by atomic mass is 19.1. The van der Waals surface area contributed by atoms with Crippen molar-refractivity contribution in [2.45, 2.75) is 96.2 Å². The molecule has 0 amide bonds. The Morgan fingerprint density at radius 2 is 1.88 bits per heavy atom. The molecular weight excluding hydrogens is 537 g/mol. The number of benzene rings is 1. The number of halogens is 1. The molecule has 3 fully saturated rings. The van der Waals surface area contributed by atoms with Gasteiger partial charge >= 0.3 is 5.97 Å². The number of nitrogens with zero attached hydrogens (tertiary/aromatic N) is 3. The van der Waals surface area contributed by atoms with Crippen molar-refractivity contribution in [2.24, 2.45) is 29.6 Å². The summed E-state index contributed by atoms with van der Waals surface area (Å²) in [5, 5.41) is 15.0. The summed E-state index contributed by atoms with van der Waals surface area (Å²) in [6.45, 7) is 7.85. The van der Waals surface area contributed by atoms with Gasteiger partial charge in [0.05, 0.1) is 12.1 Å². The molecule has 2 heterocycles. The zero-order chi connectivity index (χ0) is 30.0. The molecule has 0 spiro atoms. The van der Waals surface area contributed by atoms with Gasteiger partial charge in [0.2, 0.25) is 0 Å². The first-order valence-corrected chi connectivity index (χ1v) is 16.9. The summed E-state index contributed by atoms with van der Waals surface area (Å²) in [5.41, 5.74) is 4.08. The van der Waals surface area contributed by atoms with Crippen LogP contribution in [0, 0.1) is 29.6 Å². The fourth-order valence-corrected chi connectivity index (χ4v) is 8.50. The number of allylic oxidation sites excluding steroid dienone is 4. The van der Waals surface area contributed by atoms with Gasteiger partial charge in [-0.05, 0) is 113 Å². The second-order valence-electron chi connectivity index (χ2n) is 14.2. The Kier molecular flexibility index (Phi) is 9.23. The van der Waals surface area contributed by atoms with E-state index < -0.39 is 11.6 Å². The molecule has 2 saturated carbocycles. The van der Waals surface area contributed by atoms with Gasteiger partial charge in [0, 0.05) is 31.1 Å². The van der Waals surface area contributed by atoms with Crippen LogP contribution in [0.15, 0.2) is 60.3 Å². The number of aromatic nitrogens is 2. The maximum Gasteiger partial charge on any atom is 0.306 e. The average molecular weight is 588 g/mol. The molecule has 1 aliphatic heterocycles. The van der Waals surface area contributed by atoms with E-state index >= 15 is 4.39 Å². The van der Waals surface area contributed by atoms with Gasteiger partial charge in [0.15, 0.2) is 0 Å². The molecule has 0 bridgehead atoms. The van der Waals surface area contributed by atoms with Crippen molar-refractivity contribution >= 4 is 5.97 Å². The second kappa shape index (κ2) is 13.1. The van der Waals surface area contributed by atoms with Gasteiger partial charge in [-0.2, -0.15) is 5.10 Å². The summed E-state index contributed by atoms with van der Waals surface area (Å²) in [7, 11) is 0. The largest absolute Gasteiger partial charge is 0.481 e. The first-order chi connectivity index (χ1) is 20.8. The number of likely N-dealkylation sites (tertiary alicyclic amines) is 1. The number of aryl methyl sites for hydroxylation is 3. The van der Waals surface area contributed by atoms with Crippen molar-refractivity contribution < 1.29 is 14.3 Å². The summed E-state index contributed by atoms with van der Waals surface area (Å²) in [4.78, 5) is 15.0. The highest BCUT2D eigenvalue weighted by Gasteiger charge is 2.45. The van der Waals surface area contributed by atoms with Crippen molar-refractivity contribution in [1.82, 2.24) is 14.7 Å². The maximum absolute atomic E-state index is 15.1. The van der Waals surface area contributed by atoms with Crippen LogP contribution in [0.1, 0.15) is 88.0 Å². The van der Waals surface area contributed by atoms with E-state index in [1.807, 2.05) is 6.08 Å². The number of rotatable bonds is 12. The Balaban J connectivity index is 1.12. The summed E-state index contributed by atoms with van der Waals surface area (Å²) in [6, 6.07) is 10.7. The lowest BCUT2D eigenvalue weighted by Gasteiger charge is -2.36. The molecule has 1 N–H and O–H groups in total. The Labute approximate surface area is 257 Å². The number of hydrogen-bond acceptors (Lipinski definition) is 3. The molecule has 2 aromatic rings. The highest BCUT2D eigenvalue weighted by molar-refractivity contribution is 5.70. The van der Waals surface area contributed by atoms with Crippen LogP contribution in [0.25, 0.3) is 0 Å². The van der Waals surface area contributed by atoms with Gasteiger partial charge in [-0.1, -0.05) is 60.9 Å². The minimum absolute atomic E-state index is 0.189. The van der Waals surface area contributed by atoms with E-state index in [9.17, 15) is 9.90 Å². The lowest BCUT2D eigenvalue weighted by Crippen LogP contribution is -2.38. The van der Waals surface area contributed by atoms with Crippen molar-refractivity contribution in [3.63, 3.8) is 0 Å². The number of piperidine rings is 1. The van der Waals surface area contributed by atoms with Crippen LogP contribution in [0.2, 0.25) is 0 Å². The third kappa shape index (κ3) is 7.33. The number of hydrogen-bond donors (Lipinski definition) is 1. The van der Waals surface area contributed by atoms with Crippen LogP contribution in [-0.2, 0) is 24.2 Å². The molecule has 3 aliphatic carbocycles. The van der Waals surface area contributed by atoms with Gasteiger partial charge in [-0.25, -0.2) is 4.39 Å². The first-order valence-electron chi connectivity index (χ1n) is 16.9.